The van der Waals surface area contributed by atoms with Crippen LogP contribution < -0.4 is 11.2 Å². The Balaban J connectivity index is 2.20. The minimum Gasteiger partial charge on any atom is -0.387 e. The molecule has 7 atom stereocenters. The van der Waals surface area contributed by atoms with Crippen molar-refractivity contribution in [2.45, 2.75) is 24.5 Å². The Bertz CT molecular complexity index is 605. The molecule has 118 valence electrons. The third-order valence-electron chi connectivity index (χ3n) is 3.21. The highest BCUT2D eigenvalue weighted by molar-refractivity contribution is 8.37. The summed E-state index contributed by atoms with van der Waals surface area (Å²) in [6, 6.07) is 1.20. The fourth-order valence-corrected chi connectivity index (χ4v) is 3.62. The predicted molar refractivity (Wildman–Crippen MR) is 84.2 cm³/mol. The highest BCUT2D eigenvalue weighted by Gasteiger charge is 2.44. The average molecular weight is 354 g/mol. The van der Waals surface area contributed by atoms with E-state index in [1.165, 1.54) is 19.3 Å². The third kappa shape index (κ3) is 3.59. The van der Waals surface area contributed by atoms with E-state index in [-0.39, 0.29) is 15.1 Å². The quantitative estimate of drug-likeness (QED) is 0.528. The standard InChI is InChI=1S/C10H17N2O6P3/c1-11-6(13)2-3-12(10(11)16)9-8(15)7(14)5(18-9)4-17-20-21-19/h2-3,5,7-9,14-15,20-21H,4,19H2,1H3/t5-,7+,8?,9-/m1/s1. The van der Waals surface area contributed by atoms with Gasteiger partial charge in [-0.15, -0.1) is 8.93 Å². The molecule has 1 aromatic rings. The summed E-state index contributed by atoms with van der Waals surface area (Å²) in [5.74, 6) is 0. The first-order valence-electron chi connectivity index (χ1n) is 6.09. The Hall–Kier alpha value is -0.190. The minimum atomic E-state index is -1.27. The zero-order valence-corrected chi connectivity index (χ0v) is 14.3. The van der Waals surface area contributed by atoms with E-state index in [2.05, 4.69) is 8.93 Å². The van der Waals surface area contributed by atoms with Gasteiger partial charge >= 0.3 is 5.69 Å². The van der Waals surface area contributed by atoms with E-state index in [1.807, 2.05) is 0 Å². The summed E-state index contributed by atoms with van der Waals surface area (Å²) in [7, 11) is 4.72. The first kappa shape index (κ1) is 17.2. The number of hydrogen-bond acceptors (Lipinski definition) is 6. The number of nitrogens with zero attached hydrogens (tertiary/aromatic N) is 2. The molecule has 1 aromatic heterocycles. The summed E-state index contributed by atoms with van der Waals surface area (Å²) in [5.41, 5.74) is -1.07. The molecule has 0 spiro atoms. The van der Waals surface area contributed by atoms with Gasteiger partial charge in [0.05, 0.1) is 6.61 Å². The van der Waals surface area contributed by atoms with Gasteiger partial charge in [-0.1, -0.05) is 7.96 Å². The molecule has 0 saturated carbocycles. The van der Waals surface area contributed by atoms with Crippen LogP contribution in [0.2, 0.25) is 0 Å². The van der Waals surface area contributed by atoms with Gasteiger partial charge in [-0.25, -0.2) is 4.79 Å². The summed E-state index contributed by atoms with van der Waals surface area (Å²) >= 11 is 0. The zero-order chi connectivity index (χ0) is 15.6. The summed E-state index contributed by atoms with van der Waals surface area (Å²) < 4.78 is 12.8. The molecular formula is C10H17N2O6P3. The molecule has 0 bridgehead atoms. The van der Waals surface area contributed by atoms with E-state index in [4.69, 9.17) is 9.26 Å². The lowest BCUT2D eigenvalue weighted by atomic mass is 10.1. The van der Waals surface area contributed by atoms with Crippen molar-refractivity contribution in [3.05, 3.63) is 33.1 Å². The fourth-order valence-electron chi connectivity index (χ4n) is 2.04. The van der Waals surface area contributed by atoms with Gasteiger partial charge < -0.3 is 19.5 Å². The fraction of sp³-hybridized carbons (Fsp3) is 0.600. The lowest BCUT2D eigenvalue weighted by Crippen LogP contribution is -2.41. The predicted octanol–water partition coefficient (Wildman–Crippen LogP) is -0.840. The Kier molecular flexibility index (Phi) is 6.04. The van der Waals surface area contributed by atoms with Crippen LogP contribution >= 0.6 is 25.4 Å². The molecule has 4 unspecified atom stereocenters. The van der Waals surface area contributed by atoms with Crippen LogP contribution in [0.25, 0.3) is 0 Å². The molecule has 2 rings (SSSR count). The van der Waals surface area contributed by atoms with E-state index in [0.29, 0.717) is 7.96 Å². The van der Waals surface area contributed by atoms with Crippen molar-refractivity contribution in [1.82, 2.24) is 9.13 Å². The molecule has 21 heavy (non-hydrogen) atoms. The number of aliphatic hydroxyl groups excluding tert-OH is 2. The molecule has 0 aliphatic carbocycles. The molecule has 11 heteroatoms. The summed E-state index contributed by atoms with van der Waals surface area (Å²) in [6.07, 6.45) is -2.94. The Morgan fingerprint density at radius 2 is 2.14 bits per heavy atom. The molecule has 1 saturated heterocycles. The minimum absolute atomic E-state index is 0.134. The topological polar surface area (TPSA) is 103 Å². The third-order valence-corrected chi connectivity index (χ3v) is 5.48. The molecule has 2 N–H and O–H groups in total. The van der Waals surface area contributed by atoms with Crippen LogP contribution in [0.4, 0.5) is 0 Å². The molecule has 1 aliphatic rings. The van der Waals surface area contributed by atoms with Crippen LogP contribution in [0.3, 0.4) is 0 Å². The van der Waals surface area contributed by atoms with Crippen molar-refractivity contribution in [1.29, 1.82) is 0 Å². The summed E-state index contributed by atoms with van der Waals surface area (Å²) in [6.45, 7) is 0.134. The monoisotopic (exact) mass is 354 g/mol. The second-order valence-electron chi connectivity index (χ2n) is 4.51. The maximum absolute atomic E-state index is 12.0. The second kappa shape index (κ2) is 7.38. The molecular weight excluding hydrogens is 337 g/mol. The van der Waals surface area contributed by atoms with Gasteiger partial charge in [-0.3, -0.25) is 13.9 Å². The number of hydrogen-bond donors (Lipinski definition) is 2. The van der Waals surface area contributed by atoms with Crippen LogP contribution in [0.1, 0.15) is 6.23 Å². The van der Waals surface area contributed by atoms with Crippen LogP contribution in [-0.2, 0) is 16.3 Å². The maximum Gasteiger partial charge on any atom is 0.332 e. The van der Waals surface area contributed by atoms with Crippen molar-refractivity contribution in [2.75, 3.05) is 6.61 Å². The van der Waals surface area contributed by atoms with E-state index in [0.717, 1.165) is 9.13 Å². The lowest BCUT2D eigenvalue weighted by Gasteiger charge is -2.17. The lowest BCUT2D eigenvalue weighted by molar-refractivity contribution is -0.0504. The van der Waals surface area contributed by atoms with Crippen LogP contribution in [0.5, 0.6) is 0 Å². The molecule has 8 nitrogen and oxygen atoms in total. The number of aromatic nitrogens is 2. The highest BCUT2D eigenvalue weighted by Crippen LogP contribution is 2.44. The summed E-state index contributed by atoms with van der Waals surface area (Å²) in [5, 5.41) is 20.0. The Morgan fingerprint density at radius 1 is 1.43 bits per heavy atom. The molecule has 1 aliphatic heterocycles. The maximum atomic E-state index is 12.0. The van der Waals surface area contributed by atoms with E-state index in [1.54, 1.807) is 0 Å². The van der Waals surface area contributed by atoms with Gasteiger partial charge in [0.2, 0.25) is 0 Å². The highest BCUT2D eigenvalue weighted by atomic mass is 32.4. The van der Waals surface area contributed by atoms with E-state index >= 15 is 0 Å². The van der Waals surface area contributed by atoms with Crippen molar-refractivity contribution in [3.63, 3.8) is 0 Å². The first-order chi connectivity index (χ1) is 9.97. The first-order valence-corrected chi connectivity index (χ1v) is 10.8. The van der Waals surface area contributed by atoms with Gasteiger partial charge in [0.1, 0.15) is 18.3 Å². The Labute approximate surface area is 126 Å². The van der Waals surface area contributed by atoms with E-state index in [9.17, 15) is 19.8 Å². The van der Waals surface area contributed by atoms with Gasteiger partial charge in [-0.05, 0) is 0 Å². The second-order valence-corrected chi connectivity index (χ2v) is 9.36. The molecule has 1 fully saturated rings. The smallest absolute Gasteiger partial charge is 0.332 e. The largest absolute Gasteiger partial charge is 0.387 e. The van der Waals surface area contributed by atoms with Crippen LogP contribution in [0, 0.1) is 0 Å². The van der Waals surface area contributed by atoms with Crippen molar-refractivity contribution >= 4 is 25.4 Å². The number of aliphatic hydroxyl groups is 2. The van der Waals surface area contributed by atoms with E-state index < -0.39 is 35.8 Å². The number of ether oxygens (including phenoxy) is 1. The normalized spacial score (nSPS) is 30.1. The van der Waals surface area contributed by atoms with Gasteiger partial charge in [-0.2, -0.15) is 0 Å². The van der Waals surface area contributed by atoms with Crippen molar-refractivity contribution < 1.29 is 19.5 Å². The van der Waals surface area contributed by atoms with Gasteiger partial charge in [0.15, 0.2) is 6.23 Å². The van der Waals surface area contributed by atoms with Gasteiger partial charge in [0.25, 0.3) is 5.56 Å². The SMILES string of the molecule is Cn1c(=O)ccn([C@@H]2O[C@H](COPPP)[C@H](O)C2O)c1=O. The zero-order valence-electron chi connectivity index (χ0n) is 11.2. The van der Waals surface area contributed by atoms with Crippen molar-refractivity contribution in [2.24, 2.45) is 7.05 Å². The van der Waals surface area contributed by atoms with Crippen molar-refractivity contribution in [3.8, 4) is 0 Å². The van der Waals surface area contributed by atoms with Gasteiger partial charge in [0, 0.05) is 27.8 Å². The average Bonchev–Trinajstić information content (AvgIpc) is 2.74. The van der Waals surface area contributed by atoms with Crippen LogP contribution in [0.15, 0.2) is 21.9 Å². The van der Waals surface area contributed by atoms with Crippen LogP contribution in [-0.4, -0.2) is 44.3 Å². The molecule has 0 aromatic carbocycles. The molecule has 2 heterocycles. The molecule has 0 radical (unpaired) electrons. The Morgan fingerprint density at radius 3 is 2.81 bits per heavy atom. The number of rotatable bonds is 5. The molecule has 0 amide bonds. The summed E-state index contributed by atoms with van der Waals surface area (Å²) in [4.78, 5) is 23.4.